The number of thiophene rings is 1. The number of rotatable bonds is 2. The average molecular weight is 271 g/mol. The lowest BCUT2D eigenvalue weighted by Gasteiger charge is -2.04. The molecule has 0 saturated carbocycles. The number of hydrogen-bond donors (Lipinski definition) is 2. The molecule has 0 atom stereocenters. The summed E-state index contributed by atoms with van der Waals surface area (Å²) in [5.74, 6) is 0.477. The molecule has 2 N–H and O–H groups in total. The zero-order chi connectivity index (χ0) is 13.4. The number of aryl methyl sites for hydroxylation is 2. The maximum absolute atomic E-state index is 12.1. The highest BCUT2D eigenvalue weighted by atomic mass is 32.1. The van der Waals surface area contributed by atoms with Crippen LogP contribution in [0, 0.1) is 13.8 Å². The monoisotopic (exact) mass is 271 g/mol. The Bertz CT molecular complexity index is 790. The fourth-order valence-electron chi connectivity index (χ4n) is 1.97. The molecule has 3 rings (SSSR count). The van der Waals surface area contributed by atoms with Gasteiger partial charge < -0.3 is 5.32 Å². The van der Waals surface area contributed by atoms with Gasteiger partial charge in [0.25, 0.3) is 5.56 Å². The number of nitrogens with zero attached hydrogens (tertiary/aromatic N) is 1. The zero-order valence-corrected chi connectivity index (χ0v) is 11.5. The summed E-state index contributed by atoms with van der Waals surface area (Å²) in [6.45, 7) is 3.96. The van der Waals surface area contributed by atoms with Crippen LogP contribution in [0.25, 0.3) is 10.2 Å². The van der Waals surface area contributed by atoms with E-state index in [4.69, 9.17) is 0 Å². The molecule has 0 radical (unpaired) electrons. The van der Waals surface area contributed by atoms with E-state index in [1.165, 1.54) is 0 Å². The van der Waals surface area contributed by atoms with Gasteiger partial charge in [0.15, 0.2) is 0 Å². The van der Waals surface area contributed by atoms with Gasteiger partial charge in [-0.25, -0.2) is 4.98 Å². The molecule has 4 nitrogen and oxygen atoms in total. The Labute approximate surface area is 114 Å². The van der Waals surface area contributed by atoms with Gasteiger partial charge >= 0.3 is 0 Å². The van der Waals surface area contributed by atoms with Gasteiger partial charge in [0, 0.05) is 10.6 Å². The molecule has 2 aromatic heterocycles. The Balaban J connectivity index is 2.09. The number of H-pyrrole nitrogens is 1. The van der Waals surface area contributed by atoms with Crippen LogP contribution in [-0.4, -0.2) is 9.97 Å². The molecule has 0 bridgehead atoms. The number of nitrogens with one attached hydrogen (secondary N) is 2. The summed E-state index contributed by atoms with van der Waals surface area (Å²) < 4.78 is 0. The summed E-state index contributed by atoms with van der Waals surface area (Å²) >= 11 is 1.55. The SMILES string of the molecule is Cc1sc2nc(Nc3ccccc3)[nH]c(=O)c2c1C. The number of fused-ring (bicyclic) bond motifs is 1. The molecular weight excluding hydrogens is 258 g/mol. The first-order valence-electron chi connectivity index (χ1n) is 5.97. The highest BCUT2D eigenvalue weighted by Gasteiger charge is 2.11. The lowest BCUT2D eigenvalue weighted by Crippen LogP contribution is -2.10. The van der Waals surface area contributed by atoms with Crippen LogP contribution in [-0.2, 0) is 0 Å². The summed E-state index contributed by atoms with van der Waals surface area (Å²) in [7, 11) is 0. The van der Waals surface area contributed by atoms with Gasteiger partial charge in [-0.2, -0.15) is 0 Å². The number of aromatic nitrogens is 2. The van der Waals surface area contributed by atoms with E-state index in [9.17, 15) is 4.79 Å². The van der Waals surface area contributed by atoms with Crippen molar-refractivity contribution in [1.82, 2.24) is 9.97 Å². The Hall–Kier alpha value is -2.14. The highest BCUT2D eigenvalue weighted by molar-refractivity contribution is 7.18. The van der Waals surface area contributed by atoms with E-state index in [0.717, 1.165) is 21.0 Å². The number of anilines is 2. The first-order valence-corrected chi connectivity index (χ1v) is 6.79. The third-order valence-electron chi connectivity index (χ3n) is 3.08. The molecule has 0 aliphatic rings. The van der Waals surface area contributed by atoms with Crippen molar-refractivity contribution in [3.05, 3.63) is 51.1 Å². The lowest BCUT2D eigenvalue weighted by molar-refractivity contribution is 1.17. The number of para-hydroxylation sites is 1. The van der Waals surface area contributed by atoms with Gasteiger partial charge in [0.1, 0.15) is 4.83 Å². The van der Waals surface area contributed by atoms with Crippen molar-refractivity contribution in [2.24, 2.45) is 0 Å². The van der Waals surface area contributed by atoms with Crippen molar-refractivity contribution < 1.29 is 0 Å². The van der Waals surface area contributed by atoms with Crippen molar-refractivity contribution in [2.45, 2.75) is 13.8 Å². The van der Waals surface area contributed by atoms with Gasteiger partial charge in [-0.3, -0.25) is 9.78 Å². The van der Waals surface area contributed by atoms with Crippen molar-refractivity contribution in [3.63, 3.8) is 0 Å². The maximum atomic E-state index is 12.1. The largest absolute Gasteiger partial charge is 0.326 e. The zero-order valence-electron chi connectivity index (χ0n) is 10.7. The highest BCUT2D eigenvalue weighted by Crippen LogP contribution is 2.26. The first kappa shape index (κ1) is 11.9. The van der Waals surface area contributed by atoms with E-state index in [-0.39, 0.29) is 5.56 Å². The van der Waals surface area contributed by atoms with Crippen molar-refractivity contribution >= 4 is 33.2 Å². The minimum atomic E-state index is -0.0923. The van der Waals surface area contributed by atoms with Crippen LogP contribution in [0.2, 0.25) is 0 Å². The third kappa shape index (κ3) is 2.13. The summed E-state index contributed by atoms with van der Waals surface area (Å²) in [6, 6.07) is 9.65. The van der Waals surface area contributed by atoms with Crippen LogP contribution < -0.4 is 10.9 Å². The van der Waals surface area contributed by atoms with E-state index in [0.29, 0.717) is 11.3 Å². The topological polar surface area (TPSA) is 57.8 Å². The molecule has 0 unspecified atom stereocenters. The van der Waals surface area contributed by atoms with E-state index in [1.54, 1.807) is 11.3 Å². The fourth-order valence-corrected chi connectivity index (χ4v) is 3.00. The molecule has 2 heterocycles. The molecule has 0 saturated heterocycles. The molecule has 0 aliphatic carbocycles. The lowest BCUT2D eigenvalue weighted by atomic mass is 10.2. The minimum Gasteiger partial charge on any atom is -0.326 e. The predicted molar refractivity (Wildman–Crippen MR) is 79.4 cm³/mol. The van der Waals surface area contributed by atoms with Gasteiger partial charge in [-0.05, 0) is 31.5 Å². The second kappa shape index (κ2) is 4.51. The summed E-state index contributed by atoms with van der Waals surface area (Å²) in [5, 5.41) is 3.80. The second-order valence-electron chi connectivity index (χ2n) is 4.37. The minimum absolute atomic E-state index is 0.0923. The maximum Gasteiger partial charge on any atom is 0.261 e. The molecule has 0 amide bonds. The van der Waals surface area contributed by atoms with Crippen LogP contribution >= 0.6 is 11.3 Å². The standard InChI is InChI=1S/C14H13N3OS/c1-8-9(2)19-13-11(8)12(18)16-14(17-13)15-10-6-4-3-5-7-10/h3-7H,1-2H3,(H2,15,16,17,18). The van der Waals surface area contributed by atoms with Crippen molar-refractivity contribution in [2.75, 3.05) is 5.32 Å². The summed E-state index contributed by atoms with van der Waals surface area (Å²) in [5.41, 5.74) is 1.82. The molecule has 1 aromatic carbocycles. The second-order valence-corrected chi connectivity index (χ2v) is 5.57. The Morgan fingerprint density at radius 1 is 1.21 bits per heavy atom. The number of benzene rings is 1. The Kier molecular flexibility index (Phi) is 2.83. The average Bonchev–Trinajstić information content (AvgIpc) is 2.66. The molecule has 3 aromatic rings. The van der Waals surface area contributed by atoms with E-state index in [2.05, 4.69) is 15.3 Å². The van der Waals surface area contributed by atoms with E-state index < -0.39 is 0 Å². The molecule has 0 spiro atoms. The number of aromatic amines is 1. The van der Waals surface area contributed by atoms with Crippen molar-refractivity contribution in [1.29, 1.82) is 0 Å². The fraction of sp³-hybridized carbons (Fsp3) is 0.143. The van der Waals surface area contributed by atoms with Crippen molar-refractivity contribution in [3.8, 4) is 0 Å². The van der Waals surface area contributed by atoms with Crippen LogP contribution in [0.3, 0.4) is 0 Å². The predicted octanol–water partition coefficient (Wildman–Crippen LogP) is 3.35. The molecule has 19 heavy (non-hydrogen) atoms. The molecule has 96 valence electrons. The van der Waals surface area contributed by atoms with Gasteiger partial charge in [0.05, 0.1) is 5.39 Å². The first-order chi connectivity index (χ1) is 9.15. The molecule has 5 heteroatoms. The molecule has 0 aliphatic heterocycles. The Morgan fingerprint density at radius 3 is 2.68 bits per heavy atom. The number of hydrogen-bond acceptors (Lipinski definition) is 4. The smallest absolute Gasteiger partial charge is 0.261 e. The quantitative estimate of drug-likeness (QED) is 0.751. The third-order valence-corrected chi connectivity index (χ3v) is 4.18. The van der Waals surface area contributed by atoms with E-state index >= 15 is 0 Å². The van der Waals surface area contributed by atoms with Crippen LogP contribution in [0.4, 0.5) is 11.6 Å². The summed E-state index contributed by atoms with van der Waals surface area (Å²) in [4.78, 5) is 21.2. The molecular formula is C14H13N3OS. The van der Waals surface area contributed by atoms with Gasteiger partial charge in [0.2, 0.25) is 5.95 Å². The van der Waals surface area contributed by atoms with Crippen LogP contribution in [0.5, 0.6) is 0 Å². The van der Waals surface area contributed by atoms with Gasteiger partial charge in [-0.1, -0.05) is 18.2 Å². The normalized spacial score (nSPS) is 10.8. The van der Waals surface area contributed by atoms with Gasteiger partial charge in [-0.15, -0.1) is 11.3 Å². The van der Waals surface area contributed by atoms with Crippen LogP contribution in [0.15, 0.2) is 35.1 Å². The molecule has 0 fully saturated rings. The Morgan fingerprint density at radius 2 is 1.95 bits per heavy atom. The summed E-state index contributed by atoms with van der Waals surface area (Å²) in [6.07, 6.45) is 0. The van der Waals surface area contributed by atoms with Crippen LogP contribution in [0.1, 0.15) is 10.4 Å². The van der Waals surface area contributed by atoms with E-state index in [1.807, 2.05) is 44.2 Å².